The summed E-state index contributed by atoms with van der Waals surface area (Å²) in [6, 6.07) is 12.2. The third-order valence-corrected chi connectivity index (χ3v) is 4.83. The number of hydrogen-bond acceptors (Lipinski definition) is 3. The Hall–Kier alpha value is -2.99. The third-order valence-electron chi connectivity index (χ3n) is 4.41. The maximum Gasteiger partial charge on any atom is 0.407 e. The van der Waals surface area contributed by atoms with E-state index >= 15 is 0 Å². The Labute approximate surface area is 168 Å². The molecule has 1 atom stereocenters. The molecule has 0 aliphatic carbocycles. The normalized spacial score (nSPS) is 11.8. The number of carbonyl (C=O) groups excluding carboxylic acids is 2. The van der Waals surface area contributed by atoms with Gasteiger partial charge in [-0.15, -0.1) is 0 Å². The summed E-state index contributed by atoms with van der Waals surface area (Å²) in [7, 11) is 0. The smallest absolute Gasteiger partial charge is 0.407 e. The number of nitrogens with one attached hydrogen (secondary N) is 3. The quantitative estimate of drug-likeness (QED) is 0.573. The Morgan fingerprint density at radius 3 is 2.75 bits per heavy atom. The Bertz CT molecular complexity index is 999. The van der Waals surface area contributed by atoms with Crippen molar-refractivity contribution in [2.45, 2.75) is 26.3 Å². The highest BCUT2D eigenvalue weighted by molar-refractivity contribution is 6.31. The van der Waals surface area contributed by atoms with Crippen LogP contribution in [-0.2, 0) is 16.0 Å². The average Bonchev–Trinajstić information content (AvgIpc) is 3.07. The SMILES string of the molecule is CCOC(=O)N[C@H](Cc1c[nH]c2ccccc12)C(=O)Nc1ccc(Cl)c(C)c1. The van der Waals surface area contributed by atoms with E-state index in [1.807, 2.05) is 37.4 Å². The van der Waals surface area contributed by atoms with Crippen LogP contribution in [0.15, 0.2) is 48.7 Å². The summed E-state index contributed by atoms with van der Waals surface area (Å²) in [6.07, 6.45) is 1.54. The summed E-state index contributed by atoms with van der Waals surface area (Å²) >= 11 is 6.04. The van der Waals surface area contributed by atoms with Gasteiger partial charge in [0.15, 0.2) is 0 Å². The number of amides is 2. The summed E-state index contributed by atoms with van der Waals surface area (Å²) in [5.74, 6) is -0.333. The number of aryl methyl sites for hydroxylation is 1. The molecule has 1 heterocycles. The zero-order valence-corrected chi connectivity index (χ0v) is 16.5. The van der Waals surface area contributed by atoms with Crippen LogP contribution in [0.1, 0.15) is 18.1 Å². The first kappa shape index (κ1) is 19.8. The number of carbonyl (C=O) groups is 2. The molecular formula is C21H22ClN3O3. The van der Waals surface area contributed by atoms with Gasteiger partial charge in [0.2, 0.25) is 5.91 Å². The minimum absolute atomic E-state index is 0.226. The largest absolute Gasteiger partial charge is 0.450 e. The number of aromatic amines is 1. The molecule has 3 N–H and O–H groups in total. The van der Waals surface area contributed by atoms with Gasteiger partial charge in [-0.1, -0.05) is 29.8 Å². The molecule has 3 rings (SSSR count). The van der Waals surface area contributed by atoms with Crippen molar-refractivity contribution in [3.63, 3.8) is 0 Å². The Balaban J connectivity index is 1.82. The molecule has 2 aromatic carbocycles. The number of H-pyrrole nitrogens is 1. The summed E-state index contributed by atoms with van der Waals surface area (Å²) in [5.41, 5.74) is 3.37. The van der Waals surface area contributed by atoms with Gasteiger partial charge in [0.25, 0.3) is 0 Å². The average molecular weight is 400 g/mol. The molecule has 3 aromatic rings. The molecule has 0 radical (unpaired) electrons. The van der Waals surface area contributed by atoms with Crippen molar-refractivity contribution in [1.82, 2.24) is 10.3 Å². The van der Waals surface area contributed by atoms with E-state index in [4.69, 9.17) is 16.3 Å². The lowest BCUT2D eigenvalue weighted by molar-refractivity contribution is -0.118. The van der Waals surface area contributed by atoms with Crippen molar-refractivity contribution < 1.29 is 14.3 Å². The molecule has 2 amide bonds. The maximum absolute atomic E-state index is 12.9. The van der Waals surface area contributed by atoms with E-state index in [1.54, 1.807) is 25.1 Å². The van der Waals surface area contributed by atoms with Gasteiger partial charge in [-0.25, -0.2) is 4.79 Å². The molecule has 146 valence electrons. The molecule has 0 saturated heterocycles. The molecule has 6 nitrogen and oxygen atoms in total. The Morgan fingerprint density at radius 2 is 2.00 bits per heavy atom. The molecule has 0 unspecified atom stereocenters. The summed E-state index contributed by atoms with van der Waals surface area (Å²) in [4.78, 5) is 28.0. The number of alkyl carbamates (subject to hydrolysis) is 1. The van der Waals surface area contributed by atoms with Gasteiger partial charge in [0.1, 0.15) is 6.04 Å². The van der Waals surface area contributed by atoms with Crippen LogP contribution in [0.5, 0.6) is 0 Å². The first-order valence-electron chi connectivity index (χ1n) is 9.03. The number of benzene rings is 2. The Kier molecular flexibility index (Phi) is 6.21. The predicted molar refractivity (Wildman–Crippen MR) is 111 cm³/mol. The summed E-state index contributed by atoms with van der Waals surface area (Å²) in [5, 5.41) is 7.12. The maximum atomic E-state index is 12.9. The standard InChI is InChI=1S/C21H22ClN3O3/c1-3-28-21(27)25-19(11-14-12-23-18-7-5-4-6-16(14)18)20(26)24-15-8-9-17(22)13(2)10-15/h4-10,12,19,23H,3,11H2,1-2H3,(H,24,26)(H,25,27)/t19-/m1/s1. The highest BCUT2D eigenvalue weighted by Crippen LogP contribution is 2.21. The third kappa shape index (κ3) is 4.64. The monoisotopic (exact) mass is 399 g/mol. The summed E-state index contributed by atoms with van der Waals surface area (Å²) in [6.45, 7) is 3.80. The second-order valence-electron chi connectivity index (χ2n) is 6.43. The van der Waals surface area contributed by atoms with Gasteiger partial charge in [-0.05, 0) is 49.2 Å². The number of fused-ring (bicyclic) bond motifs is 1. The van der Waals surface area contributed by atoms with Crippen LogP contribution >= 0.6 is 11.6 Å². The highest BCUT2D eigenvalue weighted by Gasteiger charge is 2.23. The number of ether oxygens (including phenoxy) is 1. The number of anilines is 1. The number of aromatic nitrogens is 1. The fourth-order valence-electron chi connectivity index (χ4n) is 3.00. The first-order chi connectivity index (χ1) is 13.5. The van der Waals surface area contributed by atoms with Gasteiger partial charge < -0.3 is 20.4 Å². The number of para-hydroxylation sites is 1. The second kappa shape index (κ2) is 8.80. The molecule has 0 bridgehead atoms. The van der Waals surface area contributed by atoms with Gasteiger partial charge in [-0.3, -0.25) is 4.79 Å². The fourth-order valence-corrected chi connectivity index (χ4v) is 3.11. The van der Waals surface area contributed by atoms with Crippen molar-refractivity contribution >= 4 is 40.2 Å². The van der Waals surface area contributed by atoms with Crippen molar-refractivity contribution in [3.8, 4) is 0 Å². The minimum Gasteiger partial charge on any atom is -0.450 e. The van der Waals surface area contributed by atoms with Gasteiger partial charge in [-0.2, -0.15) is 0 Å². The van der Waals surface area contributed by atoms with Crippen LogP contribution in [0.2, 0.25) is 5.02 Å². The van der Waals surface area contributed by atoms with Crippen LogP contribution in [0.3, 0.4) is 0 Å². The number of hydrogen-bond donors (Lipinski definition) is 3. The molecular weight excluding hydrogens is 378 g/mol. The zero-order chi connectivity index (χ0) is 20.1. The molecule has 28 heavy (non-hydrogen) atoms. The van der Waals surface area contributed by atoms with E-state index in [0.717, 1.165) is 22.0 Å². The van der Waals surface area contributed by atoms with Gasteiger partial charge in [0.05, 0.1) is 6.61 Å². The lowest BCUT2D eigenvalue weighted by Crippen LogP contribution is -2.45. The van der Waals surface area contributed by atoms with Gasteiger partial charge in [0, 0.05) is 34.2 Å². The molecule has 7 heteroatoms. The summed E-state index contributed by atoms with van der Waals surface area (Å²) < 4.78 is 4.96. The molecule has 0 spiro atoms. The second-order valence-corrected chi connectivity index (χ2v) is 6.84. The van der Waals surface area contributed by atoms with Crippen LogP contribution in [-0.4, -0.2) is 29.6 Å². The van der Waals surface area contributed by atoms with E-state index in [9.17, 15) is 9.59 Å². The molecule has 0 aliphatic heterocycles. The molecule has 0 saturated carbocycles. The minimum atomic E-state index is -0.797. The highest BCUT2D eigenvalue weighted by atomic mass is 35.5. The van der Waals surface area contributed by atoms with Gasteiger partial charge >= 0.3 is 6.09 Å². The van der Waals surface area contributed by atoms with Crippen molar-refractivity contribution in [3.05, 3.63) is 64.8 Å². The van der Waals surface area contributed by atoms with Crippen LogP contribution in [0.25, 0.3) is 10.9 Å². The topological polar surface area (TPSA) is 83.2 Å². The Morgan fingerprint density at radius 1 is 1.21 bits per heavy atom. The van der Waals surface area contributed by atoms with Crippen LogP contribution in [0.4, 0.5) is 10.5 Å². The number of halogens is 1. The van der Waals surface area contributed by atoms with Crippen molar-refractivity contribution in [2.75, 3.05) is 11.9 Å². The lowest BCUT2D eigenvalue weighted by atomic mass is 10.0. The molecule has 0 aliphatic rings. The van der Waals surface area contributed by atoms with E-state index in [2.05, 4.69) is 15.6 Å². The molecule has 0 fully saturated rings. The molecule has 1 aromatic heterocycles. The predicted octanol–water partition coefficient (Wildman–Crippen LogP) is 4.43. The van der Waals surface area contributed by atoms with E-state index in [1.165, 1.54) is 0 Å². The number of rotatable bonds is 6. The zero-order valence-electron chi connectivity index (χ0n) is 15.7. The van der Waals surface area contributed by atoms with Crippen molar-refractivity contribution in [2.24, 2.45) is 0 Å². The fraction of sp³-hybridized carbons (Fsp3) is 0.238. The van der Waals surface area contributed by atoms with Crippen molar-refractivity contribution in [1.29, 1.82) is 0 Å². The van der Waals surface area contributed by atoms with E-state index in [-0.39, 0.29) is 12.5 Å². The first-order valence-corrected chi connectivity index (χ1v) is 9.41. The lowest BCUT2D eigenvalue weighted by Gasteiger charge is -2.18. The van der Waals surface area contributed by atoms with Crippen LogP contribution in [0, 0.1) is 6.92 Å². The van der Waals surface area contributed by atoms with E-state index < -0.39 is 12.1 Å². The van der Waals surface area contributed by atoms with E-state index in [0.29, 0.717) is 17.1 Å². The van der Waals surface area contributed by atoms with Crippen LogP contribution < -0.4 is 10.6 Å².